The molecule has 106 valence electrons. The van der Waals surface area contributed by atoms with E-state index in [2.05, 4.69) is 42.3 Å². The van der Waals surface area contributed by atoms with Gasteiger partial charge in [-0.05, 0) is 18.9 Å². The molecule has 0 heterocycles. The van der Waals surface area contributed by atoms with Crippen LogP contribution in [-0.2, 0) is 6.42 Å². The molecule has 0 fully saturated rings. The van der Waals surface area contributed by atoms with E-state index in [1.54, 1.807) is 0 Å². The standard InChI is InChI=1S/C15H21N.CH3FS/c1-3-5-7-12-15(16-4-2)13-14-10-8-6-9-11-14;1-3-2/h4,6,8-12H,3,5,7,13H2,1-2H3;1H3/b15-12-,16-4?;. The fraction of sp³-hybridized carbons (Fsp3) is 0.438. The fourth-order valence-corrected chi connectivity index (χ4v) is 1.61. The smallest absolute Gasteiger partial charge is 0.0408 e. The fourth-order valence-electron chi connectivity index (χ4n) is 1.61. The summed E-state index contributed by atoms with van der Waals surface area (Å²) in [5, 5.41) is 0. The predicted molar refractivity (Wildman–Crippen MR) is 86.5 cm³/mol. The first-order valence-electron chi connectivity index (χ1n) is 6.64. The van der Waals surface area contributed by atoms with Gasteiger partial charge >= 0.3 is 0 Å². The van der Waals surface area contributed by atoms with Gasteiger partial charge in [-0.15, -0.1) is 0 Å². The van der Waals surface area contributed by atoms with Crippen LogP contribution in [-0.4, -0.2) is 12.5 Å². The van der Waals surface area contributed by atoms with Gasteiger partial charge in [0.05, 0.1) is 0 Å². The lowest BCUT2D eigenvalue weighted by atomic mass is 10.1. The van der Waals surface area contributed by atoms with Crippen molar-refractivity contribution in [2.75, 3.05) is 6.26 Å². The van der Waals surface area contributed by atoms with Crippen molar-refractivity contribution in [3.8, 4) is 0 Å². The summed E-state index contributed by atoms with van der Waals surface area (Å²) in [4.78, 5) is 4.43. The lowest BCUT2D eigenvalue weighted by molar-refractivity contribution is 0.807. The maximum atomic E-state index is 10.2. The van der Waals surface area contributed by atoms with Crippen molar-refractivity contribution < 1.29 is 3.89 Å². The Kier molecular flexibility index (Phi) is 12.6. The van der Waals surface area contributed by atoms with Gasteiger partial charge in [0.25, 0.3) is 0 Å². The Morgan fingerprint density at radius 1 is 1.32 bits per heavy atom. The first-order chi connectivity index (χ1) is 9.28. The third-order valence-electron chi connectivity index (χ3n) is 2.46. The molecule has 0 aliphatic heterocycles. The van der Waals surface area contributed by atoms with Crippen molar-refractivity contribution >= 4 is 18.4 Å². The highest BCUT2D eigenvalue weighted by molar-refractivity contribution is 7.93. The van der Waals surface area contributed by atoms with Crippen LogP contribution in [0.5, 0.6) is 0 Å². The number of benzene rings is 1. The molecule has 0 aliphatic carbocycles. The normalized spacial score (nSPS) is 11.3. The van der Waals surface area contributed by atoms with E-state index >= 15 is 0 Å². The minimum absolute atomic E-state index is 0.250. The maximum absolute atomic E-state index is 10.2. The van der Waals surface area contributed by atoms with E-state index in [-0.39, 0.29) is 12.1 Å². The molecule has 0 saturated heterocycles. The van der Waals surface area contributed by atoms with Gasteiger partial charge in [0.2, 0.25) is 0 Å². The van der Waals surface area contributed by atoms with Gasteiger partial charge in [0.1, 0.15) is 0 Å². The van der Waals surface area contributed by atoms with Crippen LogP contribution in [0.25, 0.3) is 0 Å². The van der Waals surface area contributed by atoms with E-state index < -0.39 is 0 Å². The minimum Gasteiger partial charge on any atom is -0.266 e. The molecule has 3 heteroatoms. The van der Waals surface area contributed by atoms with Crippen LogP contribution in [0.4, 0.5) is 3.89 Å². The van der Waals surface area contributed by atoms with Crippen molar-refractivity contribution in [1.82, 2.24) is 0 Å². The van der Waals surface area contributed by atoms with Crippen LogP contribution in [0.3, 0.4) is 0 Å². The molecule has 1 rings (SSSR count). The Morgan fingerprint density at radius 2 is 1.95 bits per heavy atom. The second-order valence-electron chi connectivity index (χ2n) is 4.04. The molecule has 0 aliphatic rings. The zero-order valence-corrected chi connectivity index (χ0v) is 12.9. The molecule has 0 amide bonds. The highest BCUT2D eigenvalue weighted by atomic mass is 32.2. The molecule has 1 nitrogen and oxygen atoms in total. The van der Waals surface area contributed by atoms with Gasteiger partial charge in [-0.1, -0.05) is 56.2 Å². The van der Waals surface area contributed by atoms with Gasteiger partial charge in [0.15, 0.2) is 0 Å². The molecule has 0 spiro atoms. The maximum Gasteiger partial charge on any atom is 0.0408 e. The Bertz CT molecular complexity index is 360. The number of nitrogens with zero attached hydrogens (tertiary/aromatic N) is 1. The summed E-state index contributed by atoms with van der Waals surface area (Å²) >= 11 is 0.250. The summed E-state index contributed by atoms with van der Waals surface area (Å²) in [6.45, 7) is 4.19. The number of unbranched alkanes of at least 4 members (excludes halogenated alkanes) is 2. The molecule has 0 N–H and O–H groups in total. The Morgan fingerprint density at radius 3 is 2.47 bits per heavy atom. The quantitative estimate of drug-likeness (QED) is 0.486. The summed E-state index contributed by atoms with van der Waals surface area (Å²) in [7, 11) is 0. The van der Waals surface area contributed by atoms with Gasteiger partial charge < -0.3 is 0 Å². The first-order valence-corrected chi connectivity index (χ1v) is 7.77. The Balaban J connectivity index is 0.000000982. The average molecular weight is 281 g/mol. The van der Waals surface area contributed by atoms with Gasteiger partial charge in [-0.3, -0.25) is 4.99 Å². The van der Waals surface area contributed by atoms with E-state index in [0.29, 0.717) is 0 Å². The monoisotopic (exact) mass is 281 g/mol. The molecule has 0 aromatic heterocycles. The molecule has 0 bridgehead atoms. The highest BCUT2D eigenvalue weighted by Gasteiger charge is 1.96. The van der Waals surface area contributed by atoms with Crippen molar-refractivity contribution in [2.45, 2.75) is 39.5 Å². The summed E-state index contributed by atoms with van der Waals surface area (Å²) in [5.74, 6) is 0. The van der Waals surface area contributed by atoms with E-state index in [1.807, 2.05) is 19.2 Å². The number of aliphatic imine (C=N–C) groups is 1. The van der Waals surface area contributed by atoms with E-state index in [1.165, 1.54) is 30.4 Å². The summed E-state index contributed by atoms with van der Waals surface area (Å²) in [6, 6.07) is 10.5. The molecule has 1 aromatic rings. The van der Waals surface area contributed by atoms with Crippen LogP contribution in [0.15, 0.2) is 47.1 Å². The van der Waals surface area contributed by atoms with Gasteiger partial charge in [-0.2, -0.15) is 3.89 Å². The molecular formula is C16H24FNS. The number of hydrogen-bond donors (Lipinski definition) is 0. The third kappa shape index (κ3) is 10.5. The lowest BCUT2D eigenvalue weighted by Crippen LogP contribution is -1.88. The second-order valence-corrected chi connectivity index (χ2v) is 4.35. The Hall–Kier alpha value is -1.09. The van der Waals surface area contributed by atoms with E-state index in [0.717, 1.165) is 12.8 Å². The SMILES string of the molecule is CC=N/C(=C\CCCC)Cc1ccccc1.CSF. The molecule has 19 heavy (non-hydrogen) atoms. The van der Waals surface area contributed by atoms with Crippen LogP contribution < -0.4 is 0 Å². The van der Waals surface area contributed by atoms with Gasteiger partial charge in [0, 0.05) is 36.7 Å². The molecular weight excluding hydrogens is 257 g/mol. The zero-order chi connectivity index (χ0) is 14.3. The molecule has 0 saturated carbocycles. The number of rotatable bonds is 6. The third-order valence-corrected chi connectivity index (χ3v) is 2.46. The summed E-state index contributed by atoms with van der Waals surface area (Å²) < 4.78 is 10.2. The Labute approximate surface area is 121 Å². The molecule has 0 radical (unpaired) electrons. The van der Waals surface area contributed by atoms with Crippen molar-refractivity contribution in [3.05, 3.63) is 47.7 Å². The van der Waals surface area contributed by atoms with E-state index in [9.17, 15) is 3.89 Å². The van der Waals surface area contributed by atoms with Crippen LogP contribution in [0.1, 0.15) is 38.7 Å². The molecule has 0 unspecified atom stereocenters. The van der Waals surface area contributed by atoms with Crippen LogP contribution in [0, 0.1) is 0 Å². The number of halogens is 1. The average Bonchev–Trinajstić information content (AvgIpc) is 2.41. The number of hydrogen-bond acceptors (Lipinski definition) is 2. The predicted octanol–water partition coefficient (Wildman–Crippen LogP) is 5.63. The largest absolute Gasteiger partial charge is 0.266 e. The lowest BCUT2D eigenvalue weighted by Gasteiger charge is -2.02. The van der Waals surface area contributed by atoms with E-state index in [4.69, 9.17) is 0 Å². The topological polar surface area (TPSA) is 12.4 Å². The summed E-state index contributed by atoms with van der Waals surface area (Å²) in [6.07, 6.45) is 10.1. The molecule has 0 atom stereocenters. The van der Waals surface area contributed by atoms with Crippen molar-refractivity contribution in [1.29, 1.82) is 0 Å². The van der Waals surface area contributed by atoms with Crippen LogP contribution in [0.2, 0.25) is 0 Å². The second kappa shape index (κ2) is 13.3. The van der Waals surface area contributed by atoms with Crippen molar-refractivity contribution in [3.63, 3.8) is 0 Å². The molecule has 1 aromatic carbocycles. The minimum atomic E-state index is 0.250. The zero-order valence-electron chi connectivity index (χ0n) is 12.1. The van der Waals surface area contributed by atoms with Crippen molar-refractivity contribution in [2.24, 2.45) is 4.99 Å². The first kappa shape index (κ1) is 17.9. The summed E-state index contributed by atoms with van der Waals surface area (Å²) in [5.41, 5.74) is 2.51. The van der Waals surface area contributed by atoms with Crippen LogP contribution >= 0.6 is 12.1 Å². The highest BCUT2D eigenvalue weighted by Crippen LogP contribution is 2.10. The number of allylic oxidation sites excluding steroid dienone is 2. The van der Waals surface area contributed by atoms with Gasteiger partial charge in [-0.25, -0.2) is 0 Å².